The average Bonchev–Trinajstić information content (AvgIpc) is 2.48. The Morgan fingerprint density at radius 3 is 2.40 bits per heavy atom. The summed E-state index contributed by atoms with van der Waals surface area (Å²) in [4.78, 5) is 16.6. The van der Waals surface area contributed by atoms with E-state index >= 15 is 0 Å². The Balaban J connectivity index is 2.14. The van der Waals surface area contributed by atoms with Gasteiger partial charge < -0.3 is 5.32 Å². The van der Waals surface area contributed by atoms with Crippen LogP contribution in [0.15, 0.2) is 48.7 Å². The first-order valence-corrected chi connectivity index (χ1v) is 6.86. The van der Waals surface area contributed by atoms with Crippen molar-refractivity contribution in [2.24, 2.45) is 0 Å². The molecule has 1 heterocycles. The molecular weight excluding hydrogens is 248 g/mol. The maximum atomic E-state index is 12.3. The Kier molecular flexibility index (Phi) is 4.18. The third kappa shape index (κ3) is 3.23. The second-order valence-corrected chi connectivity index (χ2v) is 5.34. The van der Waals surface area contributed by atoms with Crippen molar-refractivity contribution in [3.05, 3.63) is 65.5 Å². The molecule has 0 bridgehead atoms. The number of rotatable bonds is 4. The monoisotopic (exact) mass is 268 g/mol. The molecule has 3 heteroatoms. The van der Waals surface area contributed by atoms with Gasteiger partial charge in [0.2, 0.25) is 0 Å². The highest BCUT2D eigenvalue weighted by molar-refractivity contribution is 5.94. The lowest BCUT2D eigenvalue weighted by molar-refractivity contribution is 0.0910. The van der Waals surface area contributed by atoms with Gasteiger partial charge in [0, 0.05) is 11.8 Å². The van der Waals surface area contributed by atoms with Gasteiger partial charge in [-0.2, -0.15) is 0 Å². The minimum atomic E-state index is -0.498. The lowest BCUT2D eigenvalue weighted by atomic mass is 9.99. The van der Waals surface area contributed by atoms with Gasteiger partial charge in [-0.25, -0.2) is 0 Å². The third-order valence-corrected chi connectivity index (χ3v) is 3.36. The van der Waals surface area contributed by atoms with E-state index in [4.69, 9.17) is 0 Å². The Bertz CT molecular complexity index is 574. The fourth-order valence-electron chi connectivity index (χ4n) is 2.04. The van der Waals surface area contributed by atoms with E-state index in [9.17, 15) is 4.79 Å². The molecule has 2 rings (SSSR count). The maximum absolute atomic E-state index is 12.3. The van der Waals surface area contributed by atoms with Gasteiger partial charge in [0.25, 0.3) is 5.91 Å². The van der Waals surface area contributed by atoms with Crippen LogP contribution in [0, 0.1) is 0 Å². The fraction of sp³-hybridized carbons (Fsp3) is 0.294. The molecule has 0 saturated carbocycles. The summed E-state index contributed by atoms with van der Waals surface area (Å²) in [5.74, 6) is -0.0803. The smallest absolute Gasteiger partial charge is 0.252 e. The highest BCUT2D eigenvalue weighted by Gasteiger charge is 2.24. The first kappa shape index (κ1) is 14.3. The maximum Gasteiger partial charge on any atom is 0.252 e. The zero-order chi connectivity index (χ0) is 14.6. The van der Waals surface area contributed by atoms with Crippen molar-refractivity contribution in [2.75, 3.05) is 0 Å². The molecule has 1 aromatic carbocycles. The van der Waals surface area contributed by atoms with Crippen LogP contribution in [0.4, 0.5) is 0 Å². The van der Waals surface area contributed by atoms with Gasteiger partial charge in [0.05, 0.1) is 11.2 Å². The van der Waals surface area contributed by atoms with Gasteiger partial charge >= 0.3 is 0 Å². The van der Waals surface area contributed by atoms with Crippen molar-refractivity contribution in [3.63, 3.8) is 0 Å². The third-order valence-electron chi connectivity index (χ3n) is 3.36. The Morgan fingerprint density at radius 2 is 1.85 bits per heavy atom. The summed E-state index contributed by atoms with van der Waals surface area (Å²) in [6.45, 7) is 6.00. The van der Waals surface area contributed by atoms with Crippen molar-refractivity contribution >= 4 is 5.91 Å². The van der Waals surface area contributed by atoms with Crippen molar-refractivity contribution in [3.8, 4) is 0 Å². The quantitative estimate of drug-likeness (QED) is 0.924. The Labute approximate surface area is 120 Å². The first-order valence-electron chi connectivity index (χ1n) is 6.86. The molecule has 0 spiro atoms. The summed E-state index contributed by atoms with van der Waals surface area (Å²) >= 11 is 0. The predicted octanol–water partition coefficient (Wildman–Crippen LogP) is 3.31. The molecule has 104 valence electrons. The molecule has 1 aromatic heterocycles. The minimum Gasteiger partial charge on any atom is -0.342 e. The second kappa shape index (κ2) is 5.87. The van der Waals surface area contributed by atoms with E-state index in [-0.39, 0.29) is 5.91 Å². The number of hydrogen-bond acceptors (Lipinski definition) is 2. The summed E-state index contributed by atoms with van der Waals surface area (Å²) in [6, 6.07) is 13.4. The predicted molar refractivity (Wildman–Crippen MR) is 80.5 cm³/mol. The van der Waals surface area contributed by atoms with Crippen molar-refractivity contribution in [1.82, 2.24) is 10.3 Å². The van der Waals surface area contributed by atoms with Crippen LogP contribution >= 0.6 is 0 Å². The molecule has 0 unspecified atom stereocenters. The Hall–Kier alpha value is -2.16. The van der Waals surface area contributed by atoms with Gasteiger partial charge in [-0.05, 0) is 50.1 Å². The van der Waals surface area contributed by atoms with E-state index in [0.29, 0.717) is 5.56 Å². The van der Waals surface area contributed by atoms with Crippen molar-refractivity contribution in [2.45, 2.75) is 32.7 Å². The lowest BCUT2D eigenvalue weighted by Gasteiger charge is -2.25. The van der Waals surface area contributed by atoms with Crippen LogP contribution in [0.1, 0.15) is 42.4 Å². The molecule has 0 atom stereocenters. The van der Waals surface area contributed by atoms with Gasteiger partial charge in [-0.1, -0.05) is 25.1 Å². The SMILES string of the molecule is CCc1ccc(C(=O)NC(C)(C)c2ccccn2)cc1. The van der Waals surface area contributed by atoms with E-state index < -0.39 is 5.54 Å². The molecule has 0 fully saturated rings. The number of amides is 1. The topological polar surface area (TPSA) is 42.0 Å². The highest BCUT2D eigenvalue weighted by Crippen LogP contribution is 2.18. The second-order valence-electron chi connectivity index (χ2n) is 5.34. The molecule has 1 N–H and O–H groups in total. The molecule has 0 radical (unpaired) electrons. The van der Waals surface area contributed by atoms with Gasteiger partial charge in [0.15, 0.2) is 0 Å². The molecule has 3 nitrogen and oxygen atoms in total. The van der Waals surface area contributed by atoms with Crippen LogP contribution in [0.25, 0.3) is 0 Å². The molecule has 0 aliphatic carbocycles. The number of carbonyl (C=O) groups excluding carboxylic acids is 1. The first-order chi connectivity index (χ1) is 9.53. The molecule has 2 aromatic rings. The Morgan fingerprint density at radius 1 is 1.15 bits per heavy atom. The van der Waals surface area contributed by atoms with E-state index in [1.807, 2.05) is 56.3 Å². The summed E-state index contributed by atoms with van der Waals surface area (Å²) < 4.78 is 0. The number of pyridine rings is 1. The molecule has 0 aliphatic heterocycles. The molecular formula is C17H20N2O. The van der Waals surface area contributed by atoms with Crippen LogP contribution in [-0.4, -0.2) is 10.9 Å². The van der Waals surface area contributed by atoms with Crippen molar-refractivity contribution in [1.29, 1.82) is 0 Å². The number of nitrogens with zero attached hydrogens (tertiary/aromatic N) is 1. The van der Waals surface area contributed by atoms with Gasteiger partial charge in [-0.15, -0.1) is 0 Å². The summed E-state index contributed by atoms with van der Waals surface area (Å²) in [5, 5.41) is 3.02. The normalized spacial score (nSPS) is 11.2. The van der Waals surface area contributed by atoms with Crippen LogP contribution < -0.4 is 5.32 Å². The largest absolute Gasteiger partial charge is 0.342 e. The van der Waals surface area contributed by atoms with Crippen molar-refractivity contribution < 1.29 is 4.79 Å². The molecule has 1 amide bonds. The number of carbonyl (C=O) groups is 1. The summed E-state index contributed by atoms with van der Waals surface area (Å²) in [7, 11) is 0. The van der Waals surface area contributed by atoms with Crippen LogP contribution in [-0.2, 0) is 12.0 Å². The van der Waals surface area contributed by atoms with Crippen LogP contribution in [0.5, 0.6) is 0 Å². The number of aryl methyl sites for hydroxylation is 1. The van der Waals surface area contributed by atoms with Crippen LogP contribution in [0.3, 0.4) is 0 Å². The highest BCUT2D eigenvalue weighted by atomic mass is 16.1. The number of nitrogens with one attached hydrogen (secondary N) is 1. The van der Waals surface area contributed by atoms with E-state index in [0.717, 1.165) is 12.1 Å². The summed E-state index contributed by atoms with van der Waals surface area (Å²) in [6.07, 6.45) is 2.71. The number of benzene rings is 1. The number of aromatic nitrogens is 1. The summed E-state index contributed by atoms with van der Waals surface area (Å²) in [5.41, 5.74) is 2.25. The fourth-order valence-corrected chi connectivity index (χ4v) is 2.04. The average molecular weight is 268 g/mol. The standard InChI is InChI=1S/C17H20N2O/c1-4-13-8-10-14(11-9-13)16(20)19-17(2,3)15-7-5-6-12-18-15/h5-12H,4H2,1-3H3,(H,19,20). The lowest BCUT2D eigenvalue weighted by Crippen LogP contribution is -2.41. The zero-order valence-corrected chi connectivity index (χ0v) is 12.2. The van der Waals surface area contributed by atoms with E-state index in [2.05, 4.69) is 17.2 Å². The molecule has 0 saturated heterocycles. The van der Waals surface area contributed by atoms with Gasteiger partial charge in [-0.3, -0.25) is 9.78 Å². The van der Waals surface area contributed by atoms with Gasteiger partial charge in [0.1, 0.15) is 0 Å². The number of hydrogen-bond donors (Lipinski definition) is 1. The molecule has 0 aliphatic rings. The zero-order valence-electron chi connectivity index (χ0n) is 12.2. The van der Waals surface area contributed by atoms with Crippen LogP contribution in [0.2, 0.25) is 0 Å². The molecule has 20 heavy (non-hydrogen) atoms. The minimum absolute atomic E-state index is 0.0803. The van der Waals surface area contributed by atoms with E-state index in [1.54, 1.807) is 6.20 Å². The van der Waals surface area contributed by atoms with E-state index in [1.165, 1.54) is 5.56 Å².